The monoisotopic (exact) mass is 262 g/mol. The van der Waals surface area contributed by atoms with Gasteiger partial charge in [0.2, 0.25) is 5.91 Å². The Morgan fingerprint density at radius 2 is 2.26 bits per heavy atom. The molecule has 1 N–H and O–H groups in total. The molecule has 1 unspecified atom stereocenters. The quantitative estimate of drug-likeness (QED) is 0.906. The largest absolute Gasteiger partial charge is 0.384 e. The molecule has 1 heterocycles. The summed E-state index contributed by atoms with van der Waals surface area (Å²) in [4.78, 5) is 14.3. The maximum Gasteiger partial charge on any atom is 0.227 e. The van der Waals surface area contributed by atoms with Crippen LogP contribution in [-0.4, -0.2) is 32.7 Å². The molecule has 2 rings (SSSR count). The normalized spacial score (nSPS) is 16.2. The second kappa shape index (κ2) is 6.57. The first kappa shape index (κ1) is 13.9. The molecular weight excluding hydrogens is 240 g/mol. The predicted octanol–water partition coefficient (Wildman–Crippen LogP) is 2.51. The topological polar surface area (TPSA) is 41.6 Å². The summed E-state index contributed by atoms with van der Waals surface area (Å²) < 4.78 is 5.10. The lowest BCUT2D eigenvalue weighted by atomic mass is 10.1. The van der Waals surface area contributed by atoms with Gasteiger partial charge >= 0.3 is 0 Å². The number of nitrogens with zero attached hydrogens (tertiary/aromatic N) is 1. The number of carbonyl (C=O) groups excluding carboxylic acids is 1. The lowest BCUT2D eigenvalue weighted by Crippen LogP contribution is -2.33. The minimum atomic E-state index is 0.181. The van der Waals surface area contributed by atoms with Crippen molar-refractivity contribution >= 4 is 17.3 Å². The molecule has 4 heteroatoms. The van der Waals surface area contributed by atoms with E-state index in [2.05, 4.69) is 5.32 Å². The molecule has 4 nitrogen and oxygen atoms in total. The summed E-state index contributed by atoms with van der Waals surface area (Å²) in [6.07, 6.45) is 1.50. The average molecular weight is 262 g/mol. The molecule has 1 aromatic rings. The number of anilines is 2. The van der Waals surface area contributed by atoms with E-state index < -0.39 is 0 Å². The number of benzene rings is 1. The molecule has 19 heavy (non-hydrogen) atoms. The number of methoxy groups -OCH3 is 1. The van der Waals surface area contributed by atoms with Crippen LogP contribution < -0.4 is 10.2 Å². The lowest BCUT2D eigenvalue weighted by Gasteiger charge is -2.23. The van der Waals surface area contributed by atoms with E-state index in [0.717, 1.165) is 30.9 Å². The molecular formula is C15H22N2O2. The highest BCUT2D eigenvalue weighted by Crippen LogP contribution is 2.28. The van der Waals surface area contributed by atoms with Crippen molar-refractivity contribution in [2.45, 2.75) is 19.8 Å². The molecule has 0 aliphatic carbocycles. The van der Waals surface area contributed by atoms with Crippen LogP contribution in [0.5, 0.6) is 0 Å². The Morgan fingerprint density at radius 1 is 1.47 bits per heavy atom. The summed E-state index contributed by atoms with van der Waals surface area (Å²) in [5.74, 6) is 0.432. The van der Waals surface area contributed by atoms with Crippen molar-refractivity contribution in [3.8, 4) is 0 Å². The fourth-order valence-corrected chi connectivity index (χ4v) is 2.45. The van der Waals surface area contributed by atoms with Gasteiger partial charge in [0.25, 0.3) is 0 Å². The number of ether oxygens (including phenoxy) is 1. The number of hydrogen-bond acceptors (Lipinski definition) is 3. The zero-order valence-corrected chi connectivity index (χ0v) is 11.7. The van der Waals surface area contributed by atoms with Gasteiger partial charge in [-0.15, -0.1) is 0 Å². The maximum atomic E-state index is 12.4. The minimum Gasteiger partial charge on any atom is -0.384 e. The van der Waals surface area contributed by atoms with Crippen LogP contribution in [-0.2, 0) is 9.53 Å². The number of nitrogens with one attached hydrogen (secondary N) is 1. The molecule has 0 spiro atoms. The number of hydrogen-bond donors (Lipinski definition) is 1. The highest BCUT2D eigenvalue weighted by molar-refractivity contribution is 5.97. The molecule has 0 radical (unpaired) electrons. The molecule has 0 bridgehead atoms. The summed E-state index contributed by atoms with van der Waals surface area (Å²) >= 11 is 0. The second-order valence-corrected chi connectivity index (χ2v) is 5.11. The van der Waals surface area contributed by atoms with E-state index in [1.165, 1.54) is 0 Å². The van der Waals surface area contributed by atoms with Crippen molar-refractivity contribution in [1.82, 2.24) is 0 Å². The van der Waals surface area contributed by atoms with Crippen molar-refractivity contribution in [3.63, 3.8) is 0 Å². The first-order chi connectivity index (χ1) is 9.22. The molecule has 1 aliphatic rings. The van der Waals surface area contributed by atoms with Crippen LogP contribution in [0.25, 0.3) is 0 Å². The number of para-hydroxylation sites is 2. The average Bonchev–Trinajstić information content (AvgIpc) is 2.61. The van der Waals surface area contributed by atoms with Crippen molar-refractivity contribution in [2.24, 2.45) is 5.92 Å². The first-order valence-corrected chi connectivity index (χ1v) is 6.84. The zero-order valence-electron chi connectivity index (χ0n) is 11.7. The van der Waals surface area contributed by atoms with Crippen molar-refractivity contribution in [1.29, 1.82) is 0 Å². The van der Waals surface area contributed by atoms with E-state index in [-0.39, 0.29) is 11.8 Å². The van der Waals surface area contributed by atoms with Crippen LogP contribution in [0.4, 0.5) is 11.4 Å². The third-order valence-corrected chi connectivity index (χ3v) is 3.34. The third-order valence-electron chi connectivity index (χ3n) is 3.34. The van der Waals surface area contributed by atoms with Crippen LogP contribution in [0.1, 0.15) is 19.8 Å². The fraction of sp³-hybridized carbons (Fsp3) is 0.533. The molecule has 1 amide bonds. The summed E-state index contributed by atoms with van der Waals surface area (Å²) in [7, 11) is 1.67. The zero-order chi connectivity index (χ0) is 13.7. The third kappa shape index (κ3) is 3.47. The standard InChI is InChI=1S/C15H22N2O2/c1-12(11-19-2)10-15(18)17-9-5-8-16-13-6-3-4-7-14(13)17/h3-4,6-7,12,16H,5,8-11H2,1-2H3. The van der Waals surface area contributed by atoms with E-state index in [1.54, 1.807) is 7.11 Å². The number of fused-ring (bicyclic) bond motifs is 1. The maximum absolute atomic E-state index is 12.4. The van der Waals surface area contributed by atoms with Crippen LogP contribution in [0.3, 0.4) is 0 Å². The highest BCUT2D eigenvalue weighted by atomic mass is 16.5. The molecule has 0 saturated heterocycles. The Balaban J connectivity index is 2.13. The van der Waals surface area contributed by atoms with E-state index in [0.29, 0.717) is 13.0 Å². The van der Waals surface area contributed by atoms with Gasteiger partial charge < -0.3 is 15.0 Å². The Kier molecular flexibility index (Phi) is 4.80. The van der Waals surface area contributed by atoms with Gasteiger partial charge in [-0.25, -0.2) is 0 Å². The van der Waals surface area contributed by atoms with Gasteiger partial charge in [-0.1, -0.05) is 19.1 Å². The fourth-order valence-electron chi connectivity index (χ4n) is 2.45. The van der Waals surface area contributed by atoms with Gasteiger partial charge in [-0.05, 0) is 24.5 Å². The smallest absolute Gasteiger partial charge is 0.227 e. The van der Waals surface area contributed by atoms with Crippen LogP contribution in [0.15, 0.2) is 24.3 Å². The highest BCUT2D eigenvalue weighted by Gasteiger charge is 2.22. The van der Waals surface area contributed by atoms with Gasteiger partial charge in [-0.3, -0.25) is 4.79 Å². The summed E-state index contributed by atoms with van der Waals surface area (Å²) in [6.45, 7) is 4.36. The molecule has 0 aromatic heterocycles. The molecule has 1 aromatic carbocycles. The number of carbonyl (C=O) groups is 1. The van der Waals surface area contributed by atoms with E-state index in [1.807, 2.05) is 36.1 Å². The van der Waals surface area contributed by atoms with Gasteiger partial charge in [-0.2, -0.15) is 0 Å². The van der Waals surface area contributed by atoms with Gasteiger partial charge in [0, 0.05) is 33.2 Å². The Morgan fingerprint density at radius 3 is 3.05 bits per heavy atom. The van der Waals surface area contributed by atoms with Crippen molar-refractivity contribution < 1.29 is 9.53 Å². The molecule has 1 aliphatic heterocycles. The minimum absolute atomic E-state index is 0.181. The van der Waals surface area contributed by atoms with Gasteiger partial charge in [0.15, 0.2) is 0 Å². The molecule has 104 valence electrons. The van der Waals surface area contributed by atoms with E-state index in [4.69, 9.17) is 4.74 Å². The van der Waals surface area contributed by atoms with E-state index in [9.17, 15) is 4.79 Å². The Hall–Kier alpha value is -1.55. The first-order valence-electron chi connectivity index (χ1n) is 6.84. The van der Waals surface area contributed by atoms with Gasteiger partial charge in [0.1, 0.15) is 0 Å². The molecule has 1 atom stereocenters. The Bertz CT molecular complexity index is 434. The molecule has 0 saturated carbocycles. The number of amides is 1. The summed E-state index contributed by atoms with van der Waals surface area (Å²) in [6, 6.07) is 8.00. The number of rotatable bonds is 4. The van der Waals surface area contributed by atoms with Crippen molar-refractivity contribution in [3.05, 3.63) is 24.3 Å². The van der Waals surface area contributed by atoms with Crippen LogP contribution in [0, 0.1) is 5.92 Å². The molecule has 0 fully saturated rings. The van der Waals surface area contributed by atoms with Crippen LogP contribution in [0.2, 0.25) is 0 Å². The summed E-state index contributed by atoms with van der Waals surface area (Å²) in [5, 5.41) is 3.37. The summed E-state index contributed by atoms with van der Waals surface area (Å²) in [5.41, 5.74) is 2.04. The van der Waals surface area contributed by atoms with Crippen LogP contribution >= 0.6 is 0 Å². The Labute approximate surface area is 114 Å². The predicted molar refractivity (Wildman–Crippen MR) is 77.6 cm³/mol. The van der Waals surface area contributed by atoms with E-state index >= 15 is 0 Å². The van der Waals surface area contributed by atoms with Crippen molar-refractivity contribution in [2.75, 3.05) is 37.0 Å². The second-order valence-electron chi connectivity index (χ2n) is 5.11. The lowest BCUT2D eigenvalue weighted by molar-refractivity contribution is -0.119. The SMILES string of the molecule is COCC(C)CC(=O)N1CCCNc2ccccc21. The van der Waals surface area contributed by atoms with Gasteiger partial charge in [0.05, 0.1) is 11.4 Å².